The number of amides is 1. The SMILES string of the molecule is CCCC(=NNC(=O)COC1=CCCCC1)c1ccc(Br)cc1. The number of allylic oxidation sites excluding steroid dienone is 2. The number of carbonyl (C=O) groups excluding carboxylic acids is 1. The molecule has 1 aromatic carbocycles. The highest BCUT2D eigenvalue weighted by Crippen LogP contribution is 2.18. The first kappa shape index (κ1) is 17.7. The predicted octanol–water partition coefficient (Wildman–Crippen LogP) is 4.54. The molecule has 0 aliphatic heterocycles. The van der Waals surface area contributed by atoms with Crippen molar-refractivity contribution in [3.63, 3.8) is 0 Å². The molecular formula is C18H23BrN2O2. The molecule has 1 amide bonds. The van der Waals surface area contributed by atoms with E-state index in [4.69, 9.17) is 4.74 Å². The van der Waals surface area contributed by atoms with Crippen LogP contribution in [-0.2, 0) is 9.53 Å². The van der Waals surface area contributed by atoms with Gasteiger partial charge in [0.15, 0.2) is 6.61 Å². The summed E-state index contributed by atoms with van der Waals surface area (Å²) in [6.07, 6.45) is 8.16. The van der Waals surface area contributed by atoms with Gasteiger partial charge in [0.25, 0.3) is 5.91 Å². The second-order valence-corrected chi connectivity index (χ2v) is 6.47. The first-order chi connectivity index (χ1) is 11.2. The van der Waals surface area contributed by atoms with Crippen molar-refractivity contribution in [3.8, 4) is 0 Å². The Balaban J connectivity index is 1.90. The zero-order chi connectivity index (χ0) is 16.5. The van der Waals surface area contributed by atoms with Crippen LogP contribution in [0.2, 0.25) is 0 Å². The number of hydrogen-bond donors (Lipinski definition) is 1. The lowest BCUT2D eigenvalue weighted by Gasteiger charge is -2.13. The first-order valence-corrected chi connectivity index (χ1v) is 8.91. The van der Waals surface area contributed by atoms with Crippen LogP contribution in [0.15, 0.2) is 45.7 Å². The number of carbonyl (C=O) groups is 1. The normalized spacial score (nSPS) is 15.0. The molecule has 1 aliphatic carbocycles. The van der Waals surface area contributed by atoms with Crippen LogP contribution in [0, 0.1) is 0 Å². The zero-order valence-electron chi connectivity index (χ0n) is 13.5. The molecule has 5 heteroatoms. The third-order valence-electron chi connectivity index (χ3n) is 3.62. The van der Waals surface area contributed by atoms with Gasteiger partial charge in [0.1, 0.15) is 0 Å². The lowest BCUT2D eigenvalue weighted by molar-refractivity contribution is -0.124. The van der Waals surface area contributed by atoms with Crippen molar-refractivity contribution in [2.24, 2.45) is 5.10 Å². The molecule has 0 radical (unpaired) electrons. The van der Waals surface area contributed by atoms with E-state index in [0.717, 1.165) is 53.6 Å². The molecule has 23 heavy (non-hydrogen) atoms. The van der Waals surface area contributed by atoms with Gasteiger partial charge in [-0.05, 0) is 49.5 Å². The van der Waals surface area contributed by atoms with Crippen molar-refractivity contribution in [1.82, 2.24) is 5.43 Å². The molecular weight excluding hydrogens is 356 g/mol. The fraction of sp³-hybridized carbons (Fsp3) is 0.444. The van der Waals surface area contributed by atoms with Gasteiger partial charge in [-0.15, -0.1) is 0 Å². The maximum absolute atomic E-state index is 11.9. The minimum atomic E-state index is -0.220. The summed E-state index contributed by atoms with van der Waals surface area (Å²) in [7, 11) is 0. The van der Waals surface area contributed by atoms with Gasteiger partial charge in [0.2, 0.25) is 0 Å². The fourth-order valence-corrected chi connectivity index (χ4v) is 2.67. The van der Waals surface area contributed by atoms with Crippen molar-refractivity contribution in [2.45, 2.75) is 45.4 Å². The highest BCUT2D eigenvalue weighted by molar-refractivity contribution is 9.10. The van der Waals surface area contributed by atoms with Crippen LogP contribution in [0.5, 0.6) is 0 Å². The molecule has 1 aliphatic rings. The van der Waals surface area contributed by atoms with Gasteiger partial charge < -0.3 is 4.74 Å². The molecule has 4 nitrogen and oxygen atoms in total. The molecule has 1 aromatic rings. The number of hydrazone groups is 1. The number of ether oxygens (including phenoxy) is 1. The number of nitrogens with zero attached hydrogens (tertiary/aromatic N) is 1. The molecule has 0 spiro atoms. The summed E-state index contributed by atoms with van der Waals surface area (Å²) < 4.78 is 6.56. The minimum absolute atomic E-state index is 0.0229. The van der Waals surface area contributed by atoms with E-state index >= 15 is 0 Å². The monoisotopic (exact) mass is 378 g/mol. The summed E-state index contributed by atoms with van der Waals surface area (Å²) in [5.74, 6) is 0.708. The van der Waals surface area contributed by atoms with Crippen LogP contribution in [0.25, 0.3) is 0 Å². The summed E-state index contributed by atoms with van der Waals surface area (Å²) in [5, 5.41) is 4.28. The van der Waals surface area contributed by atoms with Crippen LogP contribution < -0.4 is 5.43 Å². The van der Waals surface area contributed by atoms with E-state index in [0.29, 0.717) is 0 Å². The van der Waals surface area contributed by atoms with Crippen LogP contribution in [0.1, 0.15) is 51.0 Å². The Morgan fingerprint density at radius 3 is 2.74 bits per heavy atom. The lowest BCUT2D eigenvalue weighted by atomic mass is 10.1. The van der Waals surface area contributed by atoms with Gasteiger partial charge in [-0.2, -0.15) is 5.10 Å². The van der Waals surface area contributed by atoms with E-state index in [-0.39, 0.29) is 12.5 Å². The largest absolute Gasteiger partial charge is 0.488 e. The third-order valence-corrected chi connectivity index (χ3v) is 4.15. The van der Waals surface area contributed by atoms with Crippen molar-refractivity contribution >= 4 is 27.5 Å². The maximum Gasteiger partial charge on any atom is 0.277 e. The summed E-state index contributed by atoms with van der Waals surface area (Å²) in [5.41, 5.74) is 4.50. The van der Waals surface area contributed by atoms with E-state index in [1.165, 1.54) is 6.42 Å². The van der Waals surface area contributed by atoms with Gasteiger partial charge in [-0.25, -0.2) is 5.43 Å². The number of benzene rings is 1. The second-order valence-electron chi connectivity index (χ2n) is 5.56. The molecule has 0 heterocycles. The Kier molecular flexibility index (Phi) is 7.33. The Bertz CT molecular complexity index is 579. The Labute approximate surface area is 146 Å². The van der Waals surface area contributed by atoms with E-state index in [9.17, 15) is 4.79 Å². The molecule has 0 bridgehead atoms. The van der Waals surface area contributed by atoms with E-state index < -0.39 is 0 Å². The Hall–Kier alpha value is -1.62. The van der Waals surface area contributed by atoms with Gasteiger partial charge in [0, 0.05) is 10.9 Å². The summed E-state index contributed by atoms with van der Waals surface area (Å²) >= 11 is 3.42. The average Bonchev–Trinajstić information content (AvgIpc) is 2.58. The topological polar surface area (TPSA) is 50.7 Å². The van der Waals surface area contributed by atoms with Crippen molar-refractivity contribution in [3.05, 3.63) is 46.1 Å². The number of halogens is 1. The van der Waals surface area contributed by atoms with Gasteiger partial charge in [-0.3, -0.25) is 4.79 Å². The highest BCUT2D eigenvalue weighted by atomic mass is 79.9. The zero-order valence-corrected chi connectivity index (χ0v) is 15.1. The summed E-state index contributed by atoms with van der Waals surface area (Å²) in [6, 6.07) is 7.93. The minimum Gasteiger partial charge on any atom is -0.488 e. The molecule has 0 aromatic heterocycles. The van der Waals surface area contributed by atoms with Crippen LogP contribution in [0.4, 0.5) is 0 Å². The maximum atomic E-state index is 11.9. The molecule has 1 N–H and O–H groups in total. The molecule has 0 atom stereocenters. The Morgan fingerprint density at radius 2 is 2.09 bits per heavy atom. The van der Waals surface area contributed by atoms with Gasteiger partial charge in [0.05, 0.1) is 11.5 Å². The molecule has 124 valence electrons. The smallest absolute Gasteiger partial charge is 0.277 e. The number of hydrogen-bond acceptors (Lipinski definition) is 3. The predicted molar refractivity (Wildman–Crippen MR) is 96.2 cm³/mol. The quantitative estimate of drug-likeness (QED) is 0.558. The van der Waals surface area contributed by atoms with Crippen molar-refractivity contribution < 1.29 is 9.53 Å². The van der Waals surface area contributed by atoms with Crippen LogP contribution >= 0.6 is 15.9 Å². The second kappa shape index (κ2) is 9.50. The Morgan fingerprint density at radius 1 is 1.30 bits per heavy atom. The standard InChI is InChI=1S/C18H23BrN2O2/c1-2-6-17(14-9-11-15(19)12-10-14)20-21-18(22)13-23-16-7-4-3-5-8-16/h7,9-12H,2-6,8,13H2,1H3,(H,21,22). The highest BCUT2D eigenvalue weighted by Gasteiger charge is 2.08. The van der Waals surface area contributed by atoms with E-state index in [2.05, 4.69) is 39.5 Å². The van der Waals surface area contributed by atoms with Crippen molar-refractivity contribution in [2.75, 3.05) is 6.61 Å². The van der Waals surface area contributed by atoms with Gasteiger partial charge >= 0.3 is 0 Å². The van der Waals surface area contributed by atoms with Crippen molar-refractivity contribution in [1.29, 1.82) is 0 Å². The molecule has 0 saturated carbocycles. The van der Waals surface area contributed by atoms with Crippen LogP contribution in [-0.4, -0.2) is 18.2 Å². The van der Waals surface area contributed by atoms with E-state index in [1.54, 1.807) is 0 Å². The number of nitrogens with one attached hydrogen (secondary N) is 1. The summed E-state index contributed by atoms with van der Waals surface area (Å²) in [6.45, 7) is 2.12. The van der Waals surface area contributed by atoms with Gasteiger partial charge in [-0.1, -0.05) is 41.4 Å². The lowest BCUT2D eigenvalue weighted by Crippen LogP contribution is -2.24. The third kappa shape index (κ3) is 6.18. The number of rotatable bonds is 7. The van der Waals surface area contributed by atoms with Crippen LogP contribution in [0.3, 0.4) is 0 Å². The van der Waals surface area contributed by atoms with E-state index in [1.807, 2.05) is 24.3 Å². The average molecular weight is 379 g/mol. The molecule has 0 fully saturated rings. The molecule has 0 saturated heterocycles. The fourth-order valence-electron chi connectivity index (χ4n) is 2.40. The molecule has 2 rings (SSSR count). The first-order valence-electron chi connectivity index (χ1n) is 8.12. The molecule has 0 unspecified atom stereocenters. The summed E-state index contributed by atoms with van der Waals surface area (Å²) in [4.78, 5) is 11.9.